The standard InChI is InChI=1S/C21H29NOSi/c1-24(2,3)13-7-10-21(23)18-14-19-11-12-20(15-18)22(19)16-17-8-5-4-6-9-17/h4-6,8-9,18-20H,10-12,14-16H2,1-3H3. The fourth-order valence-corrected chi connectivity index (χ4v) is 4.75. The molecule has 1 aromatic rings. The molecule has 2 unspecified atom stereocenters. The number of hydrogen-bond acceptors (Lipinski definition) is 2. The Labute approximate surface area is 147 Å². The molecule has 2 bridgehead atoms. The van der Waals surface area contributed by atoms with Gasteiger partial charge in [0.15, 0.2) is 0 Å². The van der Waals surface area contributed by atoms with Crippen molar-refractivity contribution in [2.24, 2.45) is 5.92 Å². The van der Waals surface area contributed by atoms with Gasteiger partial charge in [0.2, 0.25) is 0 Å². The lowest BCUT2D eigenvalue weighted by Gasteiger charge is -2.38. The fourth-order valence-electron chi connectivity index (χ4n) is 4.13. The minimum atomic E-state index is -1.36. The van der Waals surface area contributed by atoms with Crippen molar-refractivity contribution in [3.8, 4) is 11.5 Å². The van der Waals surface area contributed by atoms with E-state index in [9.17, 15) is 4.79 Å². The smallest absolute Gasteiger partial charge is 0.147 e. The van der Waals surface area contributed by atoms with Gasteiger partial charge in [-0.15, -0.1) is 11.5 Å². The number of rotatable bonds is 4. The third kappa shape index (κ3) is 4.37. The summed E-state index contributed by atoms with van der Waals surface area (Å²) in [6.45, 7) is 7.72. The van der Waals surface area contributed by atoms with Crippen LogP contribution in [0.2, 0.25) is 19.6 Å². The summed E-state index contributed by atoms with van der Waals surface area (Å²) in [6, 6.07) is 11.9. The van der Waals surface area contributed by atoms with Crippen molar-refractivity contribution < 1.29 is 4.79 Å². The summed E-state index contributed by atoms with van der Waals surface area (Å²) in [4.78, 5) is 15.2. The van der Waals surface area contributed by atoms with E-state index in [0.717, 1.165) is 19.4 Å². The molecule has 3 heteroatoms. The molecule has 24 heavy (non-hydrogen) atoms. The third-order valence-corrected chi connectivity index (χ3v) is 6.20. The predicted octanol–water partition coefficient (Wildman–Crippen LogP) is 4.27. The molecule has 0 radical (unpaired) electrons. The summed E-state index contributed by atoms with van der Waals surface area (Å²) in [5, 5.41) is 0. The van der Waals surface area contributed by atoms with Crippen LogP contribution >= 0.6 is 0 Å². The van der Waals surface area contributed by atoms with E-state index in [1.807, 2.05) is 0 Å². The summed E-state index contributed by atoms with van der Waals surface area (Å²) in [5.41, 5.74) is 4.72. The van der Waals surface area contributed by atoms with E-state index in [2.05, 4.69) is 66.3 Å². The molecule has 0 saturated carbocycles. The highest BCUT2D eigenvalue weighted by Crippen LogP contribution is 2.40. The van der Waals surface area contributed by atoms with E-state index in [1.54, 1.807) is 0 Å². The van der Waals surface area contributed by atoms with E-state index < -0.39 is 8.07 Å². The van der Waals surface area contributed by atoms with E-state index in [-0.39, 0.29) is 5.92 Å². The maximum Gasteiger partial charge on any atom is 0.147 e. The highest BCUT2D eigenvalue weighted by molar-refractivity contribution is 6.83. The van der Waals surface area contributed by atoms with Crippen LogP contribution in [-0.4, -0.2) is 30.8 Å². The van der Waals surface area contributed by atoms with Crippen LogP contribution < -0.4 is 0 Å². The topological polar surface area (TPSA) is 20.3 Å². The molecule has 2 fully saturated rings. The molecular weight excluding hydrogens is 310 g/mol. The van der Waals surface area contributed by atoms with Gasteiger partial charge < -0.3 is 0 Å². The average molecular weight is 340 g/mol. The van der Waals surface area contributed by atoms with Gasteiger partial charge in [0.1, 0.15) is 13.9 Å². The number of fused-ring (bicyclic) bond motifs is 2. The van der Waals surface area contributed by atoms with Gasteiger partial charge in [-0.3, -0.25) is 9.69 Å². The molecular formula is C21H29NOSi. The first kappa shape index (κ1) is 17.4. The zero-order chi connectivity index (χ0) is 17.2. The Morgan fingerprint density at radius 3 is 2.33 bits per heavy atom. The minimum absolute atomic E-state index is 0.241. The van der Waals surface area contributed by atoms with Gasteiger partial charge in [0, 0.05) is 24.5 Å². The van der Waals surface area contributed by atoms with Crippen molar-refractivity contribution >= 4 is 13.9 Å². The van der Waals surface area contributed by atoms with Crippen LogP contribution in [-0.2, 0) is 11.3 Å². The van der Waals surface area contributed by atoms with Crippen LogP contribution in [0, 0.1) is 17.4 Å². The van der Waals surface area contributed by atoms with Crippen LogP contribution in [0.25, 0.3) is 0 Å². The number of piperidine rings is 1. The predicted molar refractivity (Wildman–Crippen MR) is 102 cm³/mol. The molecule has 0 N–H and O–H groups in total. The molecule has 3 rings (SSSR count). The van der Waals surface area contributed by atoms with Crippen LogP contribution in [0.15, 0.2) is 30.3 Å². The van der Waals surface area contributed by atoms with Crippen LogP contribution in [0.3, 0.4) is 0 Å². The van der Waals surface area contributed by atoms with Gasteiger partial charge in [-0.1, -0.05) is 50.0 Å². The van der Waals surface area contributed by atoms with E-state index in [1.165, 1.54) is 18.4 Å². The molecule has 2 saturated heterocycles. The second-order valence-corrected chi connectivity index (χ2v) is 13.2. The average Bonchev–Trinajstić information content (AvgIpc) is 2.76. The van der Waals surface area contributed by atoms with Crippen molar-refractivity contribution in [3.63, 3.8) is 0 Å². The Balaban J connectivity index is 1.58. The molecule has 2 atom stereocenters. The highest BCUT2D eigenvalue weighted by Gasteiger charge is 2.42. The molecule has 2 aliphatic rings. The minimum Gasteiger partial charge on any atom is -0.298 e. The first-order chi connectivity index (χ1) is 11.4. The maximum absolute atomic E-state index is 12.6. The van der Waals surface area contributed by atoms with Gasteiger partial charge in [-0.25, -0.2) is 0 Å². The molecule has 128 valence electrons. The normalized spacial score (nSPS) is 26.7. The number of ketones is 1. The van der Waals surface area contributed by atoms with Crippen molar-refractivity contribution in [1.82, 2.24) is 4.90 Å². The lowest BCUT2D eigenvalue weighted by Crippen LogP contribution is -2.44. The Morgan fingerprint density at radius 2 is 1.75 bits per heavy atom. The summed E-state index contributed by atoms with van der Waals surface area (Å²) < 4.78 is 0. The molecule has 2 nitrogen and oxygen atoms in total. The molecule has 0 amide bonds. The van der Waals surface area contributed by atoms with Gasteiger partial charge >= 0.3 is 0 Å². The van der Waals surface area contributed by atoms with Crippen LogP contribution in [0.5, 0.6) is 0 Å². The number of nitrogens with zero attached hydrogens (tertiary/aromatic N) is 1. The molecule has 0 aromatic heterocycles. The van der Waals surface area contributed by atoms with Gasteiger partial charge in [-0.2, -0.15) is 0 Å². The van der Waals surface area contributed by atoms with Gasteiger partial charge in [-0.05, 0) is 31.2 Å². The fraction of sp³-hybridized carbons (Fsp3) is 0.571. The van der Waals surface area contributed by atoms with Crippen molar-refractivity contribution in [3.05, 3.63) is 35.9 Å². The highest BCUT2D eigenvalue weighted by atomic mass is 28.3. The van der Waals surface area contributed by atoms with Crippen molar-refractivity contribution in [2.75, 3.05) is 0 Å². The number of hydrogen-bond donors (Lipinski definition) is 0. The summed E-state index contributed by atoms with van der Waals surface area (Å²) in [5.74, 6) is 3.80. The molecule has 2 heterocycles. The van der Waals surface area contributed by atoms with Gasteiger partial charge in [0.25, 0.3) is 0 Å². The Hall–Kier alpha value is -1.37. The summed E-state index contributed by atoms with van der Waals surface area (Å²) >= 11 is 0. The molecule has 2 aliphatic heterocycles. The first-order valence-corrected chi connectivity index (χ1v) is 12.7. The molecule has 0 spiro atoms. The maximum atomic E-state index is 12.6. The largest absolute Gasteiger partial charge is 0.298 e. The number of Topliss-reactive ketones (excluding diaryl/α,β-unsaturated/α-hetero) is 1. The Morgan fingerprint density at radius 1 is 1.12 bits per heavy atom. The van der Waals surface area contributed by atoms with Gasteiger partial charge in [0.05, 0.1) is 6.42 Å². The number of carbonyl (C=O) groups is 1. The third-order valence-electron chi connectivity index (χ3n) is 5.27. The van der Waals surface area contributed by atoms with Crippen LogP contribution in [0.4, 0.5) is 0 Å². The summed E-state index contributed by atoms with van der Waals surface area (Å²) in [6.07, 6.45) is 5.05. The van der Waals surface area contributed by atoms with Crippen molar-refractivity contribution in [2.45, 2.75) is 70.4 Å². The Bertz CT molecular complexity index is 623. The zero-order valence-electron chi connectivity index (χ0n) is 15.2. The SMILES string of the molecule is C[Si](C)(C)C#CCC(=O)C1CC2CCC(C1)N2Cc1ccccc1. The Kier molecular flexibility index (Phi) is 5.27. The summed E-state index contributed by atoms with van der Waals surface area (Å²) in [7, 11) is -1.36. The monoisotopic (exact) mass is 339 g/mol. The zero-order valence-corrected chi connectivity index (χ0v) is 16.2. The lowest BCUT2D eigenvalue weighted by atomic mass is 9.86. The molecule has 0 aliphatic carbocycles. The van der Waals surface area contributed by atoms with E-state index in [4.69, 9.17) is 0 Å². The van der Waals surface area contributed by atoms with E-state index >= 15 is 0 Å². The van der Waals surface area contributed by atoms with E-state index in [0.29, 0.717) is 24.3 Å². The van der Waals surface area contributed by atoms with Crippen molar-refractivity contribution in [1.29, 1.82) is 0 Å². The lowest BCUT2D eigenvalue weighted by molar-refractivity contribution is -0.124. The number of benzene rings is 1. The second kappa shape index (κ2) is 7.25. The first-order valence-electron chi connectivity index (χ1n) is 9.25. The second-order valence-electron chi connectivity index (χ2n) is 8.41. The number of carbonyl (C=O) groups excluding carboxylic acids is 1. The molecule has 1 aromatic carbocycles. The van der Waals surface area contributed by atoms with Crippen LogP contribution in [0.1, 0.15) is 37.7 Å². The quantitative estimate of drug-likeness (QED) is 0.603.